The molecule has 1 atom stereocenters. The lowest BCUT2D eigenvalue weighted by Crippen LogP contribution is -2.06. The van der Waals surface area contributed by atoms with Crippen LogP contribution in [-0.4, -0.2) is 29.5 Å². The van der Waals surface area contributed by atoms with Crippen molar-refractivity contribution in [1.82, 2.24) is 0 Å². The molecule has 0 bridgehead atoms. The van der Waals surface area contributed by atoms with E-state index in [-0.39, 0.29) is 5.75 Å². The molecule has 5 nitrogen and oxygen atoms in total. The van der Waals surface area contributed by atoms with Gasteiger partial charge in [0, 0.05) is 10.9 Å². The summed E-state index contributed by atoms with van der Waals surface area (Å²) in [4.78, 5) is 12.2. The van der Waals surface area contributed by atoms with Crippen LogP contribution in [0.1, 0.15) is 18.4 Å². The summed E-state index contributed by atoms with van der Waals surface area (Å²) < 4.78 is 11.2. The molecule has 1 heterocycles. The van der Waals surface area contributed by atoms with Crippen LogP contribution >= 0.6 is 11.8 Å². The van der Waals surface area contributed by atoms with Gasteiger partial charge in [-0.15, -0.1) is 11.8 Å². The highest BCUT2D eigenvalue weighted by Crippen LogP contribution is 2.42. The molecule has 2 N–H and O–H groups in total. The van der Waals surface area contributed by atoms with E-state index in [1.54, 1.807) is 37.3 Å². The normalized spacial score (nSPS) is 12.3. The summed E-state index contributed by atoms with van der Waals surface area (Å²) in [5.41, 5.74) is 2.20. The van der Waals surface area contributed by atoms with Crippen molar-refractivity contribution in [3.63, 3.8) is 0 Å². The van der Waals surface area contributed by atoms with Crippen LogP contribution in [0.4, 0.5) is 0 Å². The number of ether oxygens (including phenoxy) is 1. The number of carboxylic acid groups (broad SMARTS) is 1. The molecular weight excluding hydrogens is 340 g/mol. The van der Waals surface area contributed by atoms with E-state index >= 15 is 0 Å². The van der Waals surface area contributed by atoms with Crippen LogP contribution in [-0.2, 0) is 4.79 Å². The number of carbonyl (C=O) groups is 1. The Morgan fingerprint density at radius 2 is 2.00 bits per heavy atom. The topological polar surface area (TPSA) is 79.9 Å². The molecule has 0 aliphatic rings. The fourth-order valence-electron chi connectivity index (χ4n) is 2.72. The number of benzene rings is 2. The zero-order valence-electron chi connectivity index (χ0n) is 14.1. The zero-order chi connectivity index (χ0) is 18.1. The fraction of sp³-hybridized carbons (Fsp3) is 0.211. The molecule has 130 valence electrons. The average molecular weight is 358 g/mol. The second-order valence-corrected chi connectivity index (χ2v) is 6.48. The molecule has 0 radical (unpaired) electrons. The number of hydrogen-bond donors (Lipinski definition) is 2. The molecule has 1 unspecified atom stereocenters. The van der Waals surface area contributed by atoms with E-state index in [0.29, 0.717) is 17.1 Å². The third kappa shape index (κ3) is 3.05. The number of furan rings is 1. The number of fused-ring (bicyclic) bond motifs is 1. The summed E-state index contributed by atoms with van der Waals surface area (Å²) in [6.07, 6.45) is 1.94. The molecule has 0 aliphatic heterocycles. The Morgan fingerprint density at radius 3 is 2.64 bits per heavy atom. The maximum absolute atomic E-state index is 11.3. The Labute approximate surface area is 149 Å². The quantitative estimate of drug-likeness (QED) is 0.642. The van der Waals surface area contributed by atoms with E-state index in [1.165, 1.54) is 18.9 Å². The number of aromatic hydroxyl groups is 1. The van der Waals surface area contributed by atoms with Crippen LogP contribution in [0, 0.1) is 0 Å². The van der Waals surface area contributed by atoms with Crippen LogP contribution in [0.2, 0.25) is 0 Å². The van der Waals surface area contributed by atoms with Crippen molar-refractivity contribution in [2.75, 3.05) is 13.4 Å². The Balaban J connectivity index is 2.18. The van der Waals surface area contributed by atoms with Gasteiger partial charge in [-0.05, 0) is 49.1 Å². The molecular formula is C19H18O5S. The van der Waals surface area contributed by atoms with Crippen LogP contribution in [0.25, 0.3) is 22.3 Å². The summed E-state index contributed by atoms with van der Waals surface area (Å²) >= 11 is 1.53. The first-order valence-electron chi connectivity index (χ1n) is 7.67. The smallest absolute Gasteiger partial charge is 0.310 e. The molecule has 0 saturated heterocycles. The third-order valence-electron chi connectivity index (χ3n) is 4.18. The lowest BCUT2D eigenvalue weighted by Gasteiger charge is -2.07. The Bertz CT molecular complexity index is 944. The minimum atomic E-state index is -0.864. The molecule has 0 amide bonds. The van der Waals surface area contributed by atoms with Gasteiger partial charge in [-0.1, -0.05) is 6.07 Å². The van der Waals surface area contributed by atoms with E-state index < -0.39 is 11.9 Å². The second kappa shape index (κ2) is 6.72. The Morgan fingerprint density at radius 1 is 1.24 bits per heavy atom. The summed E-state index contributed by atoms with van der Waals surface area (Å²) in [7, 11) is 1.49. The van der Waals surface area contributed by atoms with Crippen LogP contribution in [0.5, 0.6) is 11.5 Å². The lowest BCUT2D eigenvalue weighted by molar-refractivity contribution is -0.138. The van der Waals surface area contributed by atoms with Crippen molar-refractivity contribution in [3.8, 4) is 22.8 Å². The number of phenolic OH excluding ortho intramolecular Hbond substituents is 1. The third-order valence-corrected chi connectivity index (χ3v) is 5.00. The molecule has 0 fully saturated rings. The van der Waals surface area contributed by atoms with Gasteiger partial charge in [-0.25, -0.2) is 0 Å². The van der Waals surface area contributed by atoms with Gasteiger partial charge in [0.25, 0.3) is 0 Å². The number of hydrogen-bond acceptors (Lipinski definition) is 5. The van der Waals surface area contributed by atoms with Gasteiger partial charge < -0.3 is 19.4 Å². The Hall–Kier alpha value is -2.60. The largest absolute Gasteiger partial charge is 0.504 e. The number of rotatable bonds is 5. The van der Waals surface area contributed by atoms with E-state index in [2.05, 4.69) is 0 Å². The first-order valence-corrected chi connectivity index (χ1v) is 8.89. The van der Waals surface area contributed by atoms with Gasteiger partial charge in [-0.3, -0.25) is 4.79 Å². The number of methoxy groups -OCH3 is 1. The highest BCUT2D eigenvalue weighted by Gasteiger charge is 2.20. The number of aliphatic carboxylic acids is 1. The van der Waals surface area contributed by atoms with Gasteiger partial charge >= 0.3 is 5.97 Å². The van der Waals surface area contributed by atoms with E-state index in [1.807, 2.05) is 12.3 Å². The molecule has 25 heavy (non-hydrogen) atoms. The van der Waals surface area contributed by atoms with Crippen molar-refractivity contribution in [3.05, 3.63) is 42.0 Å². The van der Waals surface area contributed by atoms with E-state index in [9.17, 15) is 15.0 Å². The second-order valence-electron chi connectivity index (χ2n) is 5.67. The Kier molecular flexibility index (Phi) is 4.63. The van der Waals surface area contributed by atoms with Crippen molar-refractivity contribution in [2.24, 2.45) is 0 Å². The van der Waals surface area contributed by atoms with Crippen molar-refractivity contribution >= 4 is 28.7 Å². The summed E-state index contributed by atoms with van der Waals surface area (Å²) in [5, 5.41) is 19.9. The molecule has 3 aromatic rings. The van der Waals surface area contributed by atoms with Crippen LogP contribution < -0.4 is 4.74 Å². The molecule has 0 spiro atoms. The monoisotopic (exact) mass is 358 g/mol. The van der Waals surface area contributed by atoms with Gasteiger partial charge in [0.15, 0.2) is 11.5 Å². The summed E-state index contributed by atoms with van der Waals surface area (Å²) in [5.74, 6) is -0.361. The van der Waals surface area contributed by atoms with Crippen molar-refractivity contribution in [2.45, 2.75) is 17.7 Å². The maximum Gasteiger partial charge on any atom is 0.310 e. The first kappa shape index (κ1) is 17.2. The lowest BCUT2D eigenvalue weighted by atomic mass is 10.00. The van der Waals surface area contributed by atoms with E-state index in [4.69, 9.17) is 9.15 Å². The van der Waals surface area contributed by atoms with Gasteiger partial charge in [0.1, 0.15) is 11.3 Å². The minimum absolute atomic E-state index is 0.0608. The van der Waals surface area contributed by atoms with Crippen molar-refractivity contribution in [1.29, 1.82) is 0 Å². The fourth-order valence-corrected chi connectivity index (χ4v) is 3.44. The first-order chi connectivity index (χ1) is 12.0. The molecule has 1 aromatic heterocycles. The number of carboxylic acids is 1. The number of phenols is 1. The van der Waals surface area contributed by atoms with Crippen LogP contribution in [0.15, 0.2) is 45.7 Å². The molecule has 0 aliphatic carbocycles. The van der Waals surface area contributed by atoms with Gasteiger partial charge in [-0.2, -0.15) is 0 Å². The predicted octanol–water partition coefficient (Wildman–Crippen LogP) is 4.72. The molecule has 2 aromatic carbocycles. The summed E-state index contributed by atoms with van der Waals surface area (Å²) in [6.45, 7) is 1.66. The summed E-state index contributed by atoms with van der Waals surface area (Å²) in [6, 6.07) is 10.5. The standard InChI is InChI=1S/C19H18O5S/c1-10(19(21)22)11-5-7-15-13(8-11)18(25-3)17(24-15)12-4-6-14(20)16(9-12)23-2/h4-10,20H,1-3H3,(H,21,22). The van der Waals surface area contributed by atoms with Crippen LogP contribution in [0.3, 0.4) is 0 Å². The molecule has 3 rings (SSSR count). The number of thioether (sulfide) groups is 1. The minimum Gasteiger partial charge on any atom is -0.504 e. The highest BCUT2D eigenvalue weighted by atomic mass is 32.2. The molecule has 6 heteroatoms. The zero-order valence-corrected chi connectivity index (χ0v) is 14.9. The molecule has 0 saturated carbocycles. The predicted molar refractivity (Wildman–Crippen MR) is 97.7 cm³/mol. The van der Waals surface area contributed by atoms with Crippen molar-refractivity contribution < 1.29 is 24.2 Å². The highest BCUT2D eigenvalue weighted by molar-refractivity contribution is 7.99. The average Bonchev–Trinajstić information content (AvgIpc) is 2.98. The van der Waals surface area contributed by atoms with Gasteiger partial charge in [0.2, 0.25) is 0 Å². The van der Waals surface area contributed by atoms with E-state index in [0.717, 1.165) is 21.4 Å². The SMILES string of the molecule is COc1cc(-c2oc3ccc(C(C)C(=O)O)cc3c2SC)ccc1O. The van der Waals surface area contributed by atoms with Gasteiger partial charge in [0.05, 0.1) is 17.9 Å². The maximum atomic E-state index is 11.3.